The van der Waals surface area contributed by atoms with Crippen molar-refractivity contribution in [1.29, 1.82) is 0 Å². The lowest BCUT2D eigenvalue weighted by molar-refractivity contribution is -0.121. The molecule has 0 unspecified atom stereocenters. The number of carbonyl (C=O) groups is 2. The summed E-state index contributed by atoms with van der Waals surface area (Å²) < 4.78 is 5.77. The summed E-state index contributed by atoms with van der Waals surface area (Å²) in [6.07, 6.45) is 0.155. The van der Waals surface area contributed by atoms with E-state index >= 15 is 0 Å². The Morgan fingerprint density at radius 3 is 2.74 bits per heavy atom. The molecule has 3 N–H and O–H groups in total. The van der Waals surface area contributed by atoms with Gasteiger partial charge >= 0.3 is 5.97 Å². The molecule has 0 fully saturated rings. The van der Waals surface area contributed by atoms with Crippen LogP contribution in [0.3, 0.4) is 0 Å². The first-order valence-corrected chi connectivity index (χ1v) is 6.74. The zero-order valence-corrected chi connectivity index (χ0v) is 12.5. The molecule has 19 heavy (non-hydrogen) atoms. The van der Waals surface area contributed by atoms with Gasteiger partial charge < -0.3 is 15.8 Å². The molecule has 5 nitrogen and oxygen atoms in total. The lowest BCUT2D eigenvalue weighted by Crippen LogP contribution is -2.24. The molecule has 0 aliphatic carbocycles. The van der Waals surface area contributed by atoms with E-state index in [4.69, 9.17) is 10.5 Å². The van der Waals surface area contributed by atoms with Crippen molar-refractivity contribution in [3.05, 3.63) is 27.7 Å². The molecule has 1 aromatic carbocycles. The number of rotatable bonds is 5. The summed E-state index contributed by atoms with van der Waals surface area (Å²) in [5, 5.41) is 2.63. The van der Waals surface area contributed by atoms with Gasteiger partial charge in [-0.3, -0.25) is 4.79 Å². The van der Waals surface area contributed by atoms with Crippen molar-refractivity contribution in [1.82, 2.24) is 5.32 Å². The summed E-state index contributed by atoms with van der Waals surface area (Å²) in [4.78, 5) is 23.1. The van der Waals surface area contributed by atoms with E-state index in [0.29, 0.717) is 27.8 Å². The van der Waals surface area contributed by atoms with Gasteiger partial charge in [-0.15, -0.1) is 0 Å². The second-order valence-corrected chi connectivity index (χ2v) is 4.92. The van der Waals surface area contributed by atoms with E-state index in [2.05, 4.69) is 21.2 Å². The molecule has 0 radical (unpaired) electrons. The average Bonchev–Trinajstić information content (AvgIpc) is 2.33. The van der Waals surface area contributed by atoms with Crippen molar-refractivity contribution in [2.45, 2.75) is 20.3 Å². The molecule has 0 saturated carbocycles. The highest BCUT2D eigenvalue weighted by atomic mass is 79.9. The molecule has 0 aliphatic rings. The SMILES string of the molecule is CCNC(=O)CCOC(=O)c1cc(Br)cc(N)c1C. The lowest BCUT2D eigenvalue weighted by Gasteiger charge is -2.09. The quantitative estimate of drug-likeness (QED) is 0.640. The number of ether oxygens (including phenoxy) is 1. The first-order valence-electron chi connectivity index (χ1n) is 5.95. The molecule has 1 rings (SSSR count). The van der Waals surface area contributed by atoms with Crippen LogP contribution in [-0.2, 0) is 9.53 Å². The van der Waals surface area contributed by atoms with Crippen molar-refractivity contribution in [2.75, 3.05) is 18.9 Å². The first-order chi connectivity index (χ1) is 8.95. The van der Waals surface area contributed by atoms with Crippen LogP contribution in [0.4, 0.5) is 5.69 Å². The van der Waals surface area contributed by atoms with Gasteiger partial charge in [0.15, 0.2) is 0 Å². The second-order valence-electron chi connectivity index (χ2n) is 4.01. The number of benzene rings is 1. The lowest BCUT2D eigenvalue weighted by atomic mass is 10.1. The molecule has 0 spiro atoms. The smallest absolute Gasteiger partial charge is 0.338 e. The number of carbonyl (C=O) groups excluding carboxylic acids is 2. The van der Waals surface area contributed by atoms with Gasteiger partial charge in [-0.25, -0.2) is 4.79 Å². The van der Waals surface area contributed by atoms with Gasteiger partial charge in [-0.1, -0.05) is 15.9 Å². The number of anilines is 1. The Kier molecular flexibility index (Phi) is 5.82. The first kappa shape index (κ1) is 15.5. The Morgan fingerprint density at radius 1 is 1.42 bits per heavy atom. The maximum absolute atomic E-state index is 11.9. The predicted octanol–water partition coefficient (Wildman–Crippen LogP) is 2.02. The second kappa shape index (κ2) is 7.13. The Balaban J connectivity index is 2.62. The maximum atomic E-state index is 11.9. The van der Waals surface area contributed by atoms with E-state index in [0.717, 1.165) is 0 Å². The topological polar surface area (TPSA) is 81.4 Å². The third kappa shape index (κ3) is 4.55. The number of halogens is 1. The van der Waals surface area contributed by atoms with E-state index in [1.807, 2.05) is 6.92 Å². The Bertz CT molecular complexity index is 489. The van der Waals surface area contributed by atoms with Crippen LogP contribution in [-0.4, -0.2) is 25.0 Å². The van der Waals surface area contributed by atoms with Gasteiger partial charge in [0.1, 0.15) is 6.61 Å². The molecule has 0 bridgehead atoms. The van der Waals surface area contributed by atoms with Crippen LogP contribution >= 0.6 is 15.9 Å². The minimum Gasteiger partial charge on any atom is -0.462 e. The van der Waals surface area contributed by atoms with Crippen LogP contribution in [0.2, 0.25) is 0 Å². The number of hydrogen-bond donors (Lipinski definition) is 2. The highest BCUT2D eigenvalue weighted by molar-refractivity contribution is 9.10. The minimum absolute atomic E-state index is 0.0521. The molecule has 6 heteroatoms. The van der Waals surface area contributed by atoms with E-state index in [1.165, 1.54) is 0 Å². The molecule has 0 atom stereocenters. The number of nitrogen functional groups attached to an aromatic ring is 1. The summed E-state index contributed by atoms with van der Waals surface area (Å²) >= 11 is 3.28. The van der Waals surface area contributed by atoms with Crippen molar-refractivity contribution < 1.29 is 14.3 Å². The molecule has 0 heterocycles. The van der Waals surface area contributed by atoms with Crippen LogP contribution in [0.25, 0.3) is 0 Å². The fourth-order valence-electron chi connectivity index (χ4n) is 1.51. The van der Waals surface area contributed by atoms with Gasteiger partial charge in [-0.05, 0) is 31.5 Å². The van der Waals surface area contributed by atoms with Crippen molar-refractivity contribution in [2.24, 2.45) is 0 Å². The number of esters is 1. The monoisotopic (exact) mass is 328 g/mol. The van der Waals surface area contributed by atoms with E-state index in [1.54, 1.807) is 19.1 Å². The van der Waals surface area contributed by atoms with Gasteiger partial charge in [-0.2, -0.15) is 0 Å². The molecular formula is C13H17BrN2O3. The Hall–Kier alpha value is -1.56. The molecule has 0 aromatic heterocycles. The number of nitrogens with two attached hydrogens (primary N) is 1. The Morgan fingerprint density at radius 2 is 2.11 bits per heavy atom. The highest BCUT2D eigenvalue weighted by Crippen LogP contribution is 2.23. The maximum Gasteiger partial charge on any atom is 0.338 e. The fourth-order valence-corrected chi connectivity index (χ4v) is 1.99. The Labute approximate surface area is 120 Å². The van der Waals surface area contributed by atoms with Gasteiger partial charge in [0.2, 0.25) is 5.91 Å². The number of nitrogens with one attached hydrogen (secondary N) is 1. The van der Waals surface area contributed by atoms with Crippen molar-refractivity contribution in [3.8, 4) is 0 Å². The minimum atomic E-state index is -0.477. The standard InChI is InChI=1S/C13H17BrN2O3/c1-3-16-12(17)4-5-19-13(18)10-6-9(14)7-11(15)8(10)2/h6-7H,3-5,15H2,1-2H3,(H,16,17). The van der Waals surface area contributed by atoms with E-state index in [-0.39, 0.29) is 18.9 Å². The third-order valence-electron chi connectivity index (χ3n) is 2.57. The molecule has 1 amide bonds. The van der Waals surface area contributed by atoms with Gasteiger partial charge in [0.05, 0.1) is 12.0 Å². The van der Waals surface area contributed by atoms with Gasteiger partial charge in [0.25, 0.3) is 0 Å². The number of hydrogen-bond acceptors (Lipinski definition) is 4. The van der Waals surface area contributed by atoms with Crippen molar-refractivity contribution in [3.63, 3.8) is 0 Å². The molecule has 1 aromatic rings. The zero-order chi connectivity index (χ0) is 14.4. The normalized spacial score (nSPS) is 10.1. The fraction of sp³-hybridized carbons (Fsp3) is 0.385. The highest BCUT2D eigenvalue weighted by Gasteiger charge is 2.14. The molecular weight excluding hydrogens is 312 g/mol. The van der Waals surface area contributed by atoms with E-state index in [9.17, 15) is 9.59 Å². The largest absolute Gasteiger partial charge is 0.462 e. The summed E-state index contributed by atoms with van der Waals surface area (Å²) in [6.45, 7) is 4.20. The summed E-state index contributed by atoms with van der Waals surface area (Å²) in [5.74, 6) is -0.615. The predicted molar refractivity (Wildman–Crippen MR) is 76.9 cm³/mol. The van der Waals surface area contributed by atoms with E-state index < -0.39 is 5.97 Å². The molecule has 0 aliphatic heterocycles. The van der Waals surface area contributed by atoms with Crippen LogP contribution in [0, 0.1) is 6.92 Å². The van der Waals surface area contributed by atoms with Crippen molar-refractivity contribution >= 4 is 33.5 Å². The van der Waals surface area contributed by atoms with Crippen LogP contribution in [0.5, 0.6) is 0 Å². The van der Waals surface area contributed by atoms with Crippen LogP contribution in [0.15, 0.2) is 16.6 Å². The third-order valence-corrected chi connectivity index (χ3v) is 3.03. The van der Waals surface area contributed by atoms with Crippen LogP contribution in [0.1, 0.15) is 29.3 Å². The molecule has 0 saturated heterocycles. The zero-order valence-electron chi connectivity index (χ0n) is 11.0. The summed E-state index contributed by atoms with van der Waals surface area (Å²) in [7, 11) is 0. The molecule has 104 valence electrons. The van der Waals surface area contributed by atoms with Crippen LogP contribution < -0.4 is 11.1 Å². The number of amides is 1. The average molecular weight is 329 g/mol. The summed E-state index contributed by atoms with van der Waals surface area (Å²) in [6, 6.07) is 3.38. The summed E-state index contributed by atoms with van der Waals surface area (Å²) in [5.41, 5.74) is 7.37. The van der Waals surface area contributed by atoms with Gasteiger partial charge in [0, 0.05) is 16.7 Å².